The van der Waals surface area contributed by atoms with Crippen LogP contribution in [-0.4, -0.2) is 0 Å². The van der Waals surface area contributed by atoms with Gasteiger partial charge in [0.25, 0.3) is 0 Å². The van der Waals surface area contributed by atoms with Gasteiger partial charge in [0.05, 0.1) is 0 Å². The Kier molecular flexibility index (Phi) is 4.08. The predicted molar refractivity (Wildman–Crippen MR) is 61.5 cm³/mol. The van der Waals surface area contributed by atoms with Gasteiger partial charge in [-0.15, -0.1) is 0 Å². The third-order valence-electron chi connectivity index (χ3n) is 1.42. The Hall–Kier alpha value is -0.570. The fourth-order valence-electron chi connectivity index (χ4n) is 0.861. The molecular formula is C11H11I. The van der Waals surface area contributed by atoms with E-state index in [0.29, 0.717) is 0 Å². The standard InChI is InChI=1S/C11H11I/c1-10-7-5-3-2-4-6-8-11(12)9-10/h2-9H,1H3. The summed E-state index contributed by atoms with van der Waals surface area (Å²) in [5.74, 6) is 0. The lowest BCUT2D eigenvalue weighted by atomic mass is 10.3. The molecule has 0 aliphatic rings. The molecule has 1 aromatic carbocycles. The maximum atomic E-state index is 2.32. The van der Waals surface area contributed by atoms with E-state index in [1.54, 1.807) is 0 Å². The molecule has 0 spiro atoms. The molecule has 0 radical (unpaired) electrons. The predicted octanol–water partition coefficient (Wildman–Crippen LogP) is 3.72. The molecule has 0 saturated heterocycles. The van der Waals surface area contributed by atoms with Gasteiger partial charge >= 0.3 is 0 Å². The van der Waals surface area contributed by atoms with E-state index in [9.17, 15) is 0 Å². The van der Waals surface area contributed by atoms with Crippen molar-refractivity contribution in [2.45, 2.75) is 6.92 Å². The van der Waals surface area contributed by atoms with Crippen LogP contribution >= 0.6 is 22.6 Å². The molecule has 62 valence electrons. The van der Waals surface area contributed by atoms with E-state index in [1.165, 1.54) is 9.13 Å². The van der Waals surface area contributed by atoms with Gasteiger partial charge < -0.3 is 0 Å². The van der Waals surface area contributed by atoms with Gasteiger partial charge in [0.15, 0.2) is 0 Å². The van der Waals surface area contributed by atoms with Crippen LogP contribution in [0.5, 0.6) is 0 Å². The zero-order valence-corrected chi connectivity index (χ0v) is 9.15. The number of halogens is 1. The second kappa shape index (κ2) is 5.14. The van der Waals surface area contributed by atoms with E-state index in [2.05, 4.69) is 47.7 Å². The smallest absolute Gasteiger partial charge is 0.0132 e. The molecule has 0 aromatic heterocycles. The van der Waals surface area contributed by atoms with Gasteiger partial charge in [0.1, 0.15) is 0 Å². The summed E-state index contributed by atoms with van der Waals surface area (Å²) in [5, 5.41) is 0. The Morgan fingerprint density at radius 1 is 0.917 bits per heavy atom. The summed E-state index contributed by atoms with van der Waals surface area (Å²) in [4.78, 5) is 0. The molecule has 0 bridgehead atoms. The Balaban J connectivity index is 3.23. The third kappa shape index (κ3) is 3.72. The lowest BCUT2D eigenvalue weighted by Crippen LogP contribution is -1.67. The van der Waals surface area contributed by atoms with Crippen LogP contribution in [0.15, 0.2) is 48.5 Å². The Bertz CT molecular complexity index is 276. The fraction of sp³-hybridized carbons (Fsp3) is 0.0909. The van der Waals surface area contributed by atoms with Gasteiger partial charge in [-0.05, 0) is 41.6 Å². The summed E-state index contributed by atoms with van der Waals surface area (Å²) in [6, 6.07) is 16.5. The number of hydrogen-bond acceptors (Lipinski definition) is 0. The van der Waals surface area contributed by atoms with E-state index in [1.807, 2.05) is 30.3 Å². The maximum absolute atomic E-state index is 2.32. The van der Waals surface area contributed by atoms with Crippen molar-refractivity contribution in [3.05, 3.63) is 57.7 Å². The van der Waals surface area contributed by atoms with Crippen molar-refractivity contribution < 1.29 is 0 Å². The van der Waals surface area contributed by atoms with E-state index in [-0.39, 0.29) is 0 Å². The molecule has 0 heterocycles. The van der Waals surface area contributed by atoms with Gasteiger partial charge in [0.2, 0.25) is 0 Å². The lowest BCUT2D eigenvalue weighted by Gasteiger charge is -1.85. The van der Waals surface area contributed by atoms with Crippen LogP contribution in [0, 0.1) is 10.5 Å². The zero-order valence-electron chi connectivity index (χ0n) is 7.00. The lowest BCUT2D eigenvalue weighted by molar-refractivity contribution is 1.48. The summed E-state index contributed by atoms with van der Waals surface area (Å²) in [6.07, 6.45) is 0. The van der Waals surface area contributed by atoms with E-state index >= 15 is 0 Å². The van der Waals surface area contributed by atoms with Gasteiger partial charge in [-0.3, -0.25) is 0 Å². The number of hydrogen-bond donors (Lipinski definition) is 0. The van der Waals surface area contributed by atoms with Crippen molar-refractivity contribution in [3.8, 4) is 0 Å². The van der Waals surface area contributed by atoms with Crippen LogP contribution in [0.25, 0.3) is 0 Å². The van der Waals surface area contributed by atoms with Crippen molar-refractivity contribution in [2.75, 3.05) is 0 Å². The molecule has 0 fully saturated rings. The topological polar surface area (TPSA) is 0 Å². The van der Waals surface area contributed by atoms with Crippen molar-refractivity contribution in [3.63, 3.8) is 0 Å². The van der Waals surface area contributed by atoms with Crippen LogP contribution in [0.4, 0.5) is 0 Å². The molecule has 1 aromatic rings. The second-order valence-corrected chi connectivity index (χ2v) is 3.81. The SMILES string of the molecule is Cc1cccccccc(I)c1. The molecule has 1 rings (SSSR count). The average molecular weight is 270 g/mol. The molecule has 0 saturated carbocycles. The Morgan fingerprint density at radius 3 is 2.25 bits per heavy atom. The first-order chi connectivity index (χ1) is 5.79. The highest BCUT2D eigenvalue weighted by Crippen LogP contribution is 2.02. The van der Waals surface area contributed by atoms with Crippen molar-refractivity contribution in [1.82, 2.24) is 0 Å². The number of rotatable bonds is 0. The third-order valence-corrected chi connectivity index (χ3v) is 2.10. The highest BCUT2D eigenvalue weighted by Gasteiger charge is 1.79. The molecule has 0 amide bonds. The highest BCUT2D eigenvalue weighted by atomic mass is 127. The van der Waals surface area contributed by atoms with Crippen LogP contribution in [-0.2, 0) is 0 Å². The first-order valence-corrected chi connectivity index (χ1v) is 4.92. The minimum Gasteiger partial charge on any atom is -0.0623 e. The van der Waals surface area contributed by atoms with Gasteiger partial charge in [-0.2, -0.15) is 0 Å². The minimum absolute atomic E-state index is 1.25. The van der Waals surface area contributed by atoms with Crippen molar-refractivity contribution in [1.29, 1.82) is 0 Å². The van der Waals surface area contributed by atoms with Crippen LogP contribution < -0.4 is 0 Å². The Morgan fingerprint density at radius 2 is 1.50 bits per heavy atom. The second-order valence-electron chi connectivity index (χ2n) is 2.57. The normalized spacial score (nSPS) is 8.83. The quantitative estimate of drug-likeness (QED) is 0.630. The van der Waals surface area contributed by atoms with Crippen molar-refractivity contribution in [2.24, 2.45) is 0 Å². The van der Waals surface area contributed by atoms with Crippen LogP contribution in [0.3, 0.4) is 0 Å². The first kappa shape index (κ1) is 9.52. The monoisotopic (exact) mass is 270 g/mol. The molecule has 0 nitrogen and oxygen atoms in total. The summed E-state index contributed by atoms with van der Waals surface area (Å²) < 4.78 is 1.25. The van der Waals surface area contributed by atoms with Gasteiger partial charge in [-0.1, -0.05) is 42.0 Å². The zero-order chi connectivity index (χ0) is 8.81. The van der Waals surface area contributed by atoms with E-state index in [0.717, 1.165) is 0 Å². The van der Waals surface area contributed by atoms with Gasteiger partial charge in [-0.25, -0.2) is 0 Å². The summed E-state index contributed by atoms with van der Waals surface area (Å²) >= 11 is 2.32. The van der Waals surface area contributed by atoms with E-state index < -0.39 is 0 Å². The largest absolute Gasteiger partial charge is 0.0623 e. The van der Waals surface area contributed by atoms with Crippen molar-refractivity contribution >= 4 is 22.6 Å². The minimum atomic E-state index is 1.25. The average Bonchev–Trinajstić information content (AvgIpc) is 2.02. The molecule has 0 aliphatic heterocycles. The summed E-state index contributed by atoms with van der Waals surface area (Å²) in [5.41, 5.74) is 1.27. The molecule has 1 heteroatoms. The molecule has 0 unspecified atom stereocenters. The molecular weight excluding hydrogens is 259 g/mol. The van der Waals surface area contributed by atoms with E-state index in [4.69, 9.17) is 0 Å². The van der Waals surface area contributed by atoms with Gasteiger partial charge in [0, 0.05) is 3.57 Å². The summed E-state index contributed by atoms with van der Waals surface area (Å²) in [6.45, 7) is 2.10. The fourth-order valence-corrected chi connectivity index (χ4v) is 1.56. The number of aryl methyl sites for hydroxylation is 1. The maximum Gasteiger partial charge on any atom is 0.0132 e. The molecule has 12 heavy (non-hydrogen) atoms. The molecule has 0 atom stereocenters. The first-order valence-electron chi connectivity index (χ1n) is 3.84. The summed E-state index contributed by atoms with van der Waals surface area (Å²) in [7, 11) is 0. The van der Waals surface area contributed by atoms with Crippen LogP contribution in [0.2, 0.25) is 0 Å². The van der Waals surface area contributed by atoms with Crippen LogP contribution in [0.1, 0.15) is 5.56 Å². The molecule has 0 N–H and O–H groups in total. The highest BCUT2D eigenvalue weighted by molar-refractivity contribution is 14.1. The Labute approximate surface area is 87.1 Å². The molecule has 0 aliphatic carbocycles.